The van der Waals surface area contributed by atoms with Gasteiger partial charge in [0.25, 0.3) is 5.56 Å². The summed E-state index contributed by atoms with van der Waals surface area (Å²) < 4.78 is 1.62. The summed E-state index contributed by atoms with van der Waals surface area (Å²) >= 11 is 5.91. The van der Waals surface area contributed by atoms with Crippen molar-refractivity contribution < 1.29 is 4.79 Å². The molecule has 8 nitrogen and oxygen atoms in total. The largest absolute Gasteiger partial charge is 0.338 e. The van der Waals surface area contributed by atoms with Crippen LogP contribution in [0.4, 0.5) is 0 Å². The van der Waals surface area contributed by atoms with Gasteiger partial charge in [-0.2, -0.15) is 0 Å². The topological polar surface area (TPSA) is 96.8 Å². The maximum absolute atomic E-state index is 12.8. The van der Waals surface area contributed by atoms with Gasteiger partial charge in [0.15, 0.2) is 11.2 Å². The summed E-state index contributed by atoms with van der Waals surface area (Å²) in [6, 6.07) is 7.33. The molecule has 0 bridgehead atoms. The summed E-state index contributed by atoms with van der Waals surface area (Å²) in [5.74, 6) is 0.587. The van der Waals surface area contributed by atoms with Crippen LogP contribution in [-0.2, 0) is 17.8 Å². The molecule has 1 N–H and O–H groups in total. The molecule has 1 amide bonds. The lowest BCUT2D eigenvalue weighted by Gasteiger charge is -2.24. The number of aryl methyl sites for hydroxylation is 1. The van der Waals surface area contributed by atoms with Gasteiger partial charge in [-0.25, -0.2) is 9.67 Å². The minimum Gasteiger partial charge on any atom is -0.338 e. The normalized spacial score (nSPS) is 17.0. The Morgan fingerprint density at radius 3 is 2.89 bits per heavy atom. The summed E-state index contributed by atoms with van der Waals surface area (Å²) in [6.45, 7) is 2.91. The molecule has 3 aromatic rings. The molecule has 4 rings (SSSR count). The number of hydrogen-bond acceptors (Lipinski definition) is 5. The molecule has 1 fully saturated rings. The number of nitrogens with one attached hydrogen (secondary N) is 1. The van der Waals surface area contributed by atoms with Crippen molar-refractivity contribution in [3.05, 3.63) is 51.0 Å². The molecular formula is C18H19ClN6O2. The number of hydrogen-bond donors (Lipinski definition) is 1. The van der Waals surface area contributed by atoms with Crippen molar-refractivity contribution >= 4 is 28.7 Å². The van der Waals surface area contributed by atoms with E-state index in [1.54, 1.807) is 23.7 Å². The van der Waals surface area contributed by atoms with Gasteiger partial charge in [-0.3, -0.25) is 9.59 Å². The SMILES string of the molecule is Cc1nc2c(nnn2C[C@H]2CCCN2C(=O)Cc2ccc(Cl)cc2)c(=O)[nH]1. The molecule has 1 atom stereocenters. The van der Waals surface area contributed by atoms with E-state index >= 15 is 0 Å². The molecule has 2 aromatic heterocycles. The second kappa shape index (κ2) is 7.11. The third kappa shape index (κ3) is 3.57. The summed E-state index contributed by atoms with van der Waals surface area (Å²) in [5.41, 5.74) is 1.31. The Labute approximate surface area is 160 Å². The molecule has 27 heavy (non-hydrogen) atoms. The Hall–Kier alpha value is -2.74. The molecule has 0 spiro atoms. The van der Waals surface area contributed by atoms with Crippen LogP contribution in [0, 0.1) is 6.92 Å². The van der Waals surface area contributed by atoms with Gasteiger partial charge in [0.1, 0.15) is 5.82 Å². The zero-order valence-electron chi connectivity index (χ0n) is 14.9. The number of benzene rings is 1. The Kier molecular flexibility index (Phi) is 4.65. The van der Waals surface area contributed by atoms with E-state index in [0.29, 0.717) is 29.5 Å². The zero-order valence-corrected chi connectivity index (χ0v) is 15.6. The molecule has 1 aromatic carbocycles. The summed E-state index contributed by atoms with van der Waals surface area (Å²) in [4.78, 5) is 33.6. The van der Waals surface area contributed by atoms with E-state index in [0.717, 1.165) is 24.9 Å². The first kappa shape index (κ1) is 17.7. The lowest BCUT2D eigenvalue weighted by atomic mass is 10.1. The minimum atomic E-state index is -0.300. The van der Waals surface area contributed by atoms with E-state index < -0.39 is 0 Å². The van der Waals surface area contributed by atoms with Crippen LogP contribution < -0.4 is 5.56 Å². The number of amides is 1. The number of carbonyl (C=O) groups is 1. The molecule has 140 valence electrons. The van der Waals surface area contributed by atoms with Gasteiger partial charge < -0.3 is 9.88 Å². The lowest BCUT2D eigenvalue weighted by Crippen LogP contribution is -2.39. The average Bonchev–Trinajstić information content (AvgIpc) is 3.25. The van der Waals surface area contributed by atoms with Gasteiger partial charge >= 0.3 is 0 Å². The Bertz CT molecular complexity index is 1040. The fraction of sp³-hybridized carbons (Fsp3) is 0.389. The molecule has 1 aliphatic rings. The predicted octanol–water partition coefficient (Wildman–Crippen LogP) is 1.71. The maximum Gasteiger partial charge on any atom is 0.281 e. The Morgan fingerprint density at radius 2 is 2.11 bits per heavy atom. The number of halogens is 1. The van der Waals surface area contributed by atoms with E-state index in [4.69, 9.17) is 11.6 Å². The highest BCUT2D eigenvalue weighted by Gasteiger charge is 2.30. The Morgan fingerprint density at radius 1 is 1.33 bits per heavy atom. The van der Waals surface area contributed by atoms with Gasteiger partial charge in [-0.05, 0) is 37.5 Å². The van der Waals surface area contributed by atoms with Crippen molar-refractivity contribution in [3.63, 3.8) is 0 Å². The van der Waals surface area contributed by atoms with Crippen molar-refractivity contribution in [1.82, 2.24) is 29.9 Å². The number of rotatable bonds is 4. The van der Waals surface area contributed by atoms with Gasteiger partial charge in [0.2, 0.25) is 5.91 Å². The molecule has 9 heteroatoms. The number of aromatic nitrogens is 5. The number of aromatic amines is 1. The monoisotopic (exact) mass is 386 g/mol. The fourth-order valence-electron chi connectivity index (χ4n) is 3.53. The number of carbonyl (C=O) groups excluding carboxylic acids is 1. The fourth-order valence-corrected chi connectivity index (χ4v) is 3.66. The second-order valence-corrected chi connectivity index (χ2v) is 7.22. The number of nitrogens with zero attached hydrogens (tertiary/aromatic N) is 5. The van der Waals surface area contributed by atoms with Crippen molar-refractivity contribution in [1.29, 1.82) is 0 Å². The minimum absolute atomic E-state index is 0.0103. The third-order valence-corrected chi connectivity index (χ3v) is 5.09. The molecule has 0 saturated carbocycles. The van der Waals surface area contributed by atoms with Gasteiger partial charge in [0.05, 0.1) is 19.0 Å². The molecule has 0 unspecified atom stereocenters. The smallest absolute Gasteiger partial charge is 0.281 e. The van der Waals surface area contributed by atoms with Crippen molar-refractivity contribution in [2.75, 3.05) is 6.54 Å². The van der Waals surface area contributed by atoms with Crippen LogP contribution in [0.2, 0.25) is 5.02 Å². The maximum atomic E-state index is 12.8. The van der Waals surface area contributed by atoms with Crippen molar-refractivity contribution in [2.45, 2.75) is 38.8 Å². The van der Waals surface area contributed by atoms with Crippen LogP contribution in [0.25, 0.3) is 11.2 Å². The highest BCUT2D eigenvalue weighted by atomic mass is 35.5. The summed E-state index contributed by atoms with van der Waals surface area (Å²) in [7, 11) is 0. The van der Waals surface area contributed by atoms with Gasteiger partial charge in [-0.1, -0.05) is 28.9 Å². The van der Waals surface area contributed by atoms with Crippen LogP contribution in [0.3, 0.4) is 0 Å². The first-order valence-corrected chi connectivity index (χ1v) is 9.23. The van der Waals surface area contributed by atoms with Crippen LogP contribution in [0.15, 0.2) is 29.1 Å². The van der Waals surface area contributed by atoms with Gasteiger partial charge in [0, 0.05) is 11.6 Å². The summed E-state index contributed by atoms with van der Waals surface area (Å²) in [6.07, 6.45) is 2.16. The number of likely N-dealkylation sites (tertiary alicyclic amines) is 1. The quantitative estimate of drug-likeness (QED) is 0.736. The molecule has 0 radical (unpaired) electrons. The van der Waals surface area contributed by atoms with E-state index in [9.17, 15) is 9.59 Å². The van der Waals surface area contributed by atoms with Crippen LogP contribution in [0.1, 0.15) is 24.2 Å². The molecule has 3 heterocycles. The van der Waals surface area contributed by atoms with E-state index in [-0.39, 0.29) is 23.0 Å². The molecule has 0 aliphatic carbocycles. The highest BCUT2D eigenvalue weighted by Crippen LogP contribution is 2.21. The van der Waals surface area contributed by atoms with Crippen LogP contribution in [-0.4, -0.2) is 48.4 Å². The number of H-pyrrole nitrogens is 1. The molecule has 1 saturated heterocycles. The highest BCUT2D eigenvalue weighted by molar-refractivity contribution is 6.30. The lowest BCUT2D eigenvalue weighted by molar-refractivity contribution is -0.131. The van der Waals surface area contributed by atoms with Crippen molar-refractivity contribution in [3.8, 4) is 0 Å². The summed E-state index contributed by atoms with van der Waals surface area (Å²) in [5, 5.41) is 8.67. The van der Waals surface area contributed by atoms with Gasteiger partial charge in [-0.15, -0.1) is 5.10 Å². The molecule has 1 aliphatic heterocycles. The molecular weight excluding hydrogens is 368 g/mol. The van der Waals surface area contributed by atoms with E-state index in [1.165, 1.54) is 0 Å². The van der Waals surface area contributed by atoms with E-state index in [1.807, 2.05) is 17.0 Å². The van der Waals surface area contributed by atoms with Crippen molar-refractivity contribution in [2.24, 2.45) is 0 Å². The Balaban J connectivity index is 1.52. The predicted molar refractivity (Wildman–Crippen MR) is 101 cm³/mol. The average molecular weight is 387 g/mol. The standard InChI is InChI=1S/C18H19ClN6O2/c1-11-20-17-16(18(27)21-11)22-23-25(17)10-14-3-2-8-24(14)15(26)9-12-4-6-13(19)7-5-12/h4-7,14H,2-3,8-10H2,1H3,(H,20,21,27)/t14-/m1/s1. The van der Waals surface area contributed by atoms with E-state index in [2.05, 4.69) is 20.3 Å². The van der Waals surface area contributed by atoms with Crippen LogP contribution in [0.5, 0.6) is 0 Å². The number of fused-ring (bicyclic) bond motifs is 1. The first-order valence-electron chi connectivity index (χ1n) is 8.85. The zero-order chi connectivity index (χ0) is 19.0. The third-order valence-electron chi connectivity index (χ3n) is 4.84. The first-order chi connectivity index (χ1) is 13.0. The second-order valence-electron chi connectivity index (χ2n) is 6.78. The van der Waals surface area contributed by atoms with Crippen LogP contribution >= 0.6 is 11.6 Å².